The fraction of sp³-hybridized carbons (Fsp3) is 0.667. The van der Waals surface area contributed by atoms with Crippen LogP contribution < -0.4 is 5.73 Å². The maximum Gasteiger partial charge on any atom is 0.252 e. The highest BCUT2D eigenvalue weighted by atomic mass is 32.2. The lowest BCUT2D eigenvalue weighted by Gasteiger charge is -2.31. The Bertz CT molecular complexity index is 513. The zero-order chi connectivity index (χ0) is 13.9. The largest absolute Gasteiger partial charge is 0.375 e. The molecule has 1 fully saturated rings. The number of morpholine rings is 1. The summed E-state index contributed by atoms with van der Waals surface area (Å²) in [5.74, 6) is 0. The number of rotatable bonds is 5. The van der Waals surface area contributed by atoms with E-state index >= 15 is 0 Å². The summed E-state index contributed by atoms with van der Waals surface area (Å²) >= 11 is 1.32. The van der Waals surface area contributed by atoms with Gasteiger partial charge in [-0.1, -0.05) is 6.92 Å². The molecule has 1 aromatic heterocycles. The SMILES string of the molecule is CCC1CN(S(=O)(=O)c2ccc(CCN)s2)CCO1. The van der Waals surface area contributed by atoms with Gasteiger partial charge in [0.2, 0.25) is 0 Å². The predicted octanol–water partition coefficient (Wildman–Crippen LogP) is 1.05. The number of nitrogens with two attached hydrogens (primary N) is 1. The van der Waals surface area contributed by atoms with Crippen LogP contribution in [0, 0.1) is 0 Å². The molecule has 5 nitrogen and oxygen atoms in total. The summed E-state index contributed by atoms with van der Waals surface area (Å²) in [6.07, 6.45) is 1.56. The van der Waals surface area contributed by atoms with Gasteiger partial charge in [0.1, 0.15) is 4.21 Å². The topological polar surface area (TPSA) is 72.6 Å². The van der Waals surface area contributed by atoms with Gasteiger partial charge in [-0.15, -0.1) is 11.3 Å². The van der Waals surface area contributed by atoms with Crippen LogP contribution in [-0.4, -0.2) is 45.1 Å². The highest BCUT2D eigenvalue weighted by molar-refractivity contribution is 7.91. The first kappa shape index (κ1) is 14.9. The minimum Gasteiger partial charge on any atom is -0.375 e. The van der Waals surface area contributed by atoms with Gasteiger partial charge in [0.25, 0.3) is 10.0 Å². The molecule has 0 spiro atoms. The molecule has 0 amide bonds. The van der Waals surface area contributed by atoms with Crippen molar-refractivity contribution in [2.45, 2.75) is 30.1 Å². The van der Waals surface area contributed by atoms with E-state index in [1.807, 2.05) is 13.0 Å². The Balaban J connectivity index is 2.16. The van der Waals surface area contributed by atoms with E-state index in [0.29, 0.717) is 30.5 Å². The molecule has 0 saturated carbocycles. The minimum atomic E-state index is -3.37. The van der Waals surface area contributed by atoms with Crippen LogP contribution in [0.25, 0.3) is 0 Å². The van der Waals surface area contributed by atoms with E-state index in [9.17, 15) is 8.42 Å². The molecule has 7 heteroatoms. The Morgan fingerprint density at radius 3 is 3.00 bits per heavy atom. The van der Waals surface area contributed by atoms with Gasteiger partial charge in [-0.2, -0.15) is 4.31 Å². The van der Waals surface area contributed by atoms with Gasteiger partial charge in [0.15, 0.2) is 0 Å². The van der Waals surface area contributed by atoms with E-state index in [2.05, 4.69) is 0 Å². The minimum absolute atomic E-state index is 0.00648. The summed E-state index contributed by atoms with van der Waals surface area (Å²) in [6.45, 7) is 3.89. The first-order chi connectivity index (χ1) is 9.07. The molecule has 1 atom stereocenters. The fourth-order valence-corrected chi connectivity index (χ4v) is 5.04. The molecule has 2 rings (SSSR count). The van der Waals surface area contributed by atoms with Gasteiger partial charge < -0.3 is 10.5 Å². The van der Waals surface area contributed by atoms with Crippen LogP contribution in [0.3, 0.4) is 0 Å². The second kappa shape index (κ2) is 6.32. The van der Waals surface area contributed by atoms with E-state index in [4.69, 9.17) is 10.5 Å². The standard InChI is InChI=1S/C12H20N2O3S2/c1-2-10-9-14(7-8-17-10)19(15,16)12-4-3-11(18-12)5-6-13/h3-4,10H,2,5-9,13H2,1H3. The average Bonchev–Trinajstić information content (AvgIpc) is 2.88. The predicted molar refractivity (Wildman–Crippen MR) is 75.9 cm³/mol. The quantitative estimate of drug-likeness (QED) is 0.882. The van der Waals surface area contributed by atoms with Crippen molar-refractivity contribution in [2.24, 2.45) is 5.73 Å². The molecule has 1 aliphatic rings. The van der Waals surface area contributed by atoms with Gasteiger partial charge in [0.05, 0.1) is 12.7 Å². The third-order valence-corrected chi connectivity index (χ3v) is 6.66. The van der Waals surface area contributed by atoms with E-state index in [1.54, 1.807) is 6.07 Å². The van der Waals surface area contributed by atoms with E-state index < -0.39 is 10.0 Å². The molecule has 0 bridgehead atoms. The Kier molecular flexibility index (Phi) is 4.97. The second-order valence-corrected chi connectivity index (χ2v) is 7.86. The van der Waals surface area contributed by atoms with E-state index in [1.165, 1.54) is 15.6 Å². The van der Waals surface area contributed by atoms with Crippen LogP contribution in [-0.2, 0) is 21.2 Å². The molecule has 0 radical (unpaired) electrons. The van der Waals surface area contributed by atoms with E-state index in [0.717, 1.165) is 17.7 Å². The second-order valence-electron chi connectivity index (χ2n) is 4.52. The maximum atomic E-state index is 12.5. The molecule has 2 N–H and O–H groups in total. The van der Waals surface area contributed by atoms with Gasteiger partial charge in [-0.3, -0.25) is 0 Å². The Hall–Kier alpha value is -0.470. The van der Waals surface area contributed by atoms with Crippen LogP contribution in [0.4, 0.5) is 0 Å². The number of ether oxygens (including phenoxy) is 1. The molecule has 1 aliphatic heterocycles. The number of thiophene rings is 1. The van der Waals surface area contributed by atoms with Crippen molar-refractivity contribution in [2.75, 3.05) is 26.2 Å². The van der Waals surface area contributed by atoms with Crippen molar-refractivity contribution in [3.8, 4) is 0 Å². The molecule has 19 heavy (non-hydrogen) atoms. The van der Waals surface area contributed by atoms with Crippen molar-refractivity contribution in [1.82, 2.24) is 4.31 Å². The van der Waals surface area contributed by atoms with Crippen molar-refractivity contribution in [3.63, 3.8) is 0 Å². The average molecular weight is 304 g/mol. The van der Waals surface area contributed by atoms with Gasteiger partial charge in [-0.25, -0.2) is 8.42 Å². The maximum absolute atomic E-state index is 12.5. The molecule has 108 valence electrons. The summed E-state index contributed by atoms with van der Waals surface area (Å²) in [5.41, 5.74) is 5.49. The summed E-state index contributed by atoms with van der Waals surface area (Å²) in [7, 11) is -3.37. The molecule has 0 aromatic carbocycles. The van der Waals surface area contributed by atoms with Gasteiger partial charge in [-0.05, 0) is 31.5 Å². The van der Waals surface area contributed by atoms with Gasteiger partial charge >= 0.3 is 0 Å². The lowest BCUT2D eigenvalue weighted by atomic mass is 10.2. The smallest absolute Gasteiger partial charge is 0.252 e. The molecular formula is C12H20N2O3S2. The highest BCUT2D eigenvalue weighted by Crippen LogP contribution is 2.26. The van der Waals surface area contributed by atoms with Crippen LogP contribution in [0.1, 0.15) is 18.2 Å². The number of hydrogen-bond donors (Lipinski definition) is 1. The third kappa shape index (κ3) is 3.35. The van der Waals surface area contributed by atoms with Crippen molar-refractivity contribution < 1.29 is 13.2 Å². The van der Waals surface area contributed by atoms with Crippen molar-refractivity contribution >= 4 is 21.4 Å². The Labute approximate surface area is 118 Å². The summed E-state index contributed by atoms with van der Waals surface area (Å²) in [6, 6.07) is 3.53. The highest BCUT2D eigenvalue weighted by Gasteiger charge is 2.31. The Morgan fingerprint density at radius 2 is 2.32 bits per heavy atom. The first-order valence-electron chi connectivity index (χ1n) is 6.48. The third-order valence-electron chi connectivity index (χ3n) is 3.18. The molecular weight excluding hydrogens is 284 g/mol. The monoisotopic (exact) mass is 304 g/mol. The molecule has 1 unspecified atom stereocenters. The molecule has 1 aromatic rings. The van der Waals surface area contributed by atoms with Crippen LogP contribution >= 0.6 is 11.3 Å². The zero-order valence-electron chi connectivity index (χ0n) is 11.0. The molecule has 2 heterocycles. The zero-order valence-corrected chi connectivity index (χ0v) is 12.7. The fourth-order valence-electron chi connectivity index (χ4n) is 2.06. The van der Waals surface area contributed by atoms with E-state index in [-0.39, 0.29) is 6.10 Å². The molecule has 0 aliphatic carbocycles. The van der Waals surface area contributed by atoms with Crippen molar-refractivity contribution in [1.29, 1.82) is 0 Å². The van der Waals surface area contributed by atoms with Gasteiger partial charge in [0, 0.05) is 18.0 Å². The Morgan fingerprint density at radius 1 is 1.53 bits per heavy atom. The first-order valence-corrected chi connectivity index (χ1v) is 8.74. The summed E-state index contributed by atoms with van der Waals surface area (Å²) < 4.78 is 32.5. The normalized spacial score (nSPS) is 21.7. The lowest BCUT2D eigenvalue weighted by Crippen LogP contribution is -2.45. The van der Waals surface area contributed by atoms with Crippen LogP contribution in [0.15, 0.2) is 16.3 Å². The van der Waals surface area contributed by atoms with Crippen LogP contribution in [0.2, 0.25) is 0 Å². The summed E-state index contributed by atoms with van der Waals surface area (Å²) in [4.78, 5) is 1.02. The number of hydrogen-bond acceptors (Lipinski definition) is 5. The lowest BCUT2D eigenvalue weighted by molar-refractivity contribution is -0.00272. The number of sulfonamides is 1. The molecule has 1 saturated heterocycles. The number of nitrogens with zero attached hydrogens (tertiary/aromatic N) is 1. The van der Waals surface area contributed by atoms with Crippen LogP contribution in [0.5, 0.6) is 0 Å². The summed E-state index contributed by atoms with van der Waals surface area (Å²) in [5, 5.41) is 0. The van der Waals surface area contributed by atoms with Crippen molar-refractivity contribution in [3.05, 3.63) is 17.0 Å².